The summed E-state index contributed by atoms with van der Waals surface area (Å²) in [7, 11) is 0. The molecule has 0 bridgehead atoms. The number of aromatic nitrogens is 2. The van der Waals surface area contributed by atoms with Crippen LogP contribution in [0, 0.1) is 0 Å². The number of carbonyl (C=O) groups excluding carboxylic acids is 1. The molecule has 0 atom stereocenters. The molecule has 2 aromatic heterocycles. The monoisotopic (exact) mass is 322 g/mol. The Kier molecular flexibility index (Phi) is 4.34. The maximum Gasteiger partial charge on any atom is 0.322 e. The molecule has 124 valence electrons. The van der Waals surface area contributed by atoms with Crippen molar-refractivity contribution in [3.05, 3.63) is 42.9 Å². The van der Waals surface area contributed by atoms with E-state index >= 15 is 0 Å². The van der Waals surface area contributed by atoms with Gasteiger partial charge < -0.3 is 10.2 Å². The number of nitrogens with zero attached hydrogens (tertiary/aromatic N) is 3. The molecular weight excluding hydrogens is 300 g/mol. The fourth-order valence-electron chi connectivity index (χ4n) is 3.15. The number of amides is 2. The first-order valence-electron chi connectivity index (χ1n) is 8.20. The molecule has 1 aromatic carbocycles. The second kappa shape index (κ2) is 6.43. The van der Waals surface area contributed by atoms with Gasteiger partial charge in [-0.2, -0.15) is 0 Å². The van der Waals surface area contributed by atoms with E-state index in [1.807, 2.05) is 63.1 Å². The zero-order valence-corrected chi connectivity index (χ0v) is 14.4. The second-order valence-corrected chi connectivity index (χ2v) is 6.45. The Morgan fingerprint density at radius 2 is 1.83 bits per heavy atom. The fourth-order valence-corrected chi connectivity index (χ4v) is 3.15. The van der Waals surface area contributed by atoms with Gasteiger partial charge in [0.25, 0.3) is 0 Å². The molecule has 3 rings (SSSR count). The summed E-state index contributed by atoms with van der Waals surface area (Å²) in [5, 5.41) is 5.97. The molecule has 3 aromatic rings. The number of hydrogen-bond donors (Lipinski definition) is 1. The third-order valence-corrected chi connectivity index (χ3v) is 4.10. The van der Waals surface area contributed by atoms with E-state index in [-0.39, 0.29) is 18.1 Å². The minimum atomic E-state index is -0.0986. The lowest BCUT2D eigenvalue weighted by Gasteiger charge is -2.31. The van der Waals surface area contributed by atoms with Crippen LogP contribution in [0.4, 0.5) is 10.5 Å². The highest BCUT2D eigenvalue weighted by Crippen LogP contribution is 2.30. The standard InChI is InChI=1S/C19H22N4O/c1-12(2)23(13(3)4)19(24)22-17-10-14-7-9-20-11-16(14)18-15(17)6-5-8-21-18/h5-13H,1-4H3,(H,22,24). The fraction of sp³-hybridized carbons (Fsp3) is 0.316. The summed E-state index contributed by atoms with van der Waals surface area (Å²) in [6.07, 6.45) is 5.32. The minimum Gasteiger partial charge on any atom is -0.320 e. The highest BCUT2D eigenvalue weighted by Gasteiger charge is 2.21. The van der Waals surface area contributed by atoms with Crippen LogP contribution >= 0.6 is 0 Å². The molecule has 2 heterocycles. The van der Waals surface area contributed by atoms with Gasteiger partial charge in [0.1, 0.15) is 0 Å². The molecule has 0 aliphatic rings. The maximum atomic E-state index is 12.8. The SMILES string of the molecule is CC(C)N(C(=O)Nc1cc2ccncc2c2ncccc12)C(C)C. The number of nitrogens with one attached hydrogen (secondary N) is 1. The van der Waals surface area contributed by atoms with Crippen LogP contribution in [0.15, 0.2) is 42.9 Å². The van der Waals surface area contributed by atoms with Crippen LogP contribution < -0.4 is 5.32 Å². The lowest BCUT2D eigenvalue weighted by molar-refractivity contribution is 0.178. The number of benzene rings is 1. The van der Waals surface area contributed by atoms with E-state index in [4.69, 9.17) is 0 Å². The topological polar surface area (TPSA) is 58.1 Å². The predicted octanol–water partition coefficient (Wildman–Crippen LogP) is 4.43. The molecule has 5 heteroatoms. The van der Waals surface area contributed by atoms with Crippen molar-refractivity contribution in [2.75, 3.05) is 5.32 Å². The van der Waals surface area contributed by atoms with Gasteiger partial charge in [-0.05, 0) is 57.3 Å². The first-order chi connectivity index (χ1) is 11.5. The number of fused-ring (bicyclic) bond motifs is 3. The molecule has 5 nitrogen and oxygen atoms in total. The van der Waals surface area contributed by atoms with Gasteiger partial charge in [-0.3, -0.25) is 9.97 Å². The minimum absolute atomic E-state index is 0.0986. The Balaban J connectivity index is 2.10. The highest BCUT2D eigenvalue weighted by atomic mass is 16.2. The Labute approximate surface area is 141 Å². The summed E-state index contributed by atoms with van der Waals surface area (Å²) < 4.78 is 0. The van der Waals surface area contributed by atoms with Gasteiger partial charge >= 0.3 is 6.03 Å². The van der Waals surface area contributed by atoms with Gasteiger partial charge in [0.05, 0.1) is 11.2 Å². The van der Waals surface area contributed by atoms with Gasteiger partial charge in [-0.25, -0.2) is 4.79 Å². The lowest BCUT2D eigenvalue weighted by Crippen LogP contribution is -2.44. The quantitative estimate of drug-likeness (QED) is 0.726. The molecule has 0 aliphatic carbocycles. The molecule has 0 saturated heterocycles. The molecule has 0 radical (unpaired) electrons. The summed E-state index contributed by atoms with van der Waals surface area (Å²) in [5.41, 5.74) is 1.62. The molecule has 2 amide bonds. The molecule has 0 fully saturated rings. The van der Waals surface area contributed by atoms with Crippen LogP contribution in [-0.2, 0) is 0 Å². The first-order valence-corrected chi connectivity index (χ1v) is 8.20. The van der Waals surface area contributed by atoms with Gasteiger partial charge in [0.2, 0.25) is 0 Å². The summed E-state index contributed by atoms with van der Waals surface area (Å²) >= 11 is 0. The third kappa shape index (κ3) is 2.89. The number of anilines is 1. The van der Waals surface area contributed by atoms with Crippen LogP contribution in [0.2, 0.25) is 0 Å². The number of hydrogen-bond acceptors (Lipinski definition) is 3. The Bertz CT molecular complexity index is 881. The molecule has 0 aliphatic heterocycles. The molecule has 0 spiro atoms. The first kappa shape index (κ1) is 16.2. The van der Waals surface area contributed by atoms with Crippen LogP contribution in [0.25, 0.3) is 21.7 Å². The highest BCUT2D eigenvalue weighted by molar-refractivity contribution is 6.13. The van der Waals surface area contributed by atoms with Crippen molar-refractivity contribution in [1.29, 1.82) is 0 Å². The van der Waals surface area contributed by atoms with E-state index in [0.717, 1.165) is 27.4 Å². The smallest absolute Gasteiger partial charge is 0.320 e. The predicted molar refractivity (Wildman–Crippen MR) is 98.2 cm³/mol. The van der Waals surface area contributed by atoms with Crippen LogP contribution in [0.1, 0.15) is 27.7 Å². The third-order valence-electron chi connectivity index (χ3n) is 4.10. The summed E-state index contributed by atoms with van der Waals surface area (Å²) in [6.45, 7) is 8.08. The van der Waals surface area contributed by atoms with Gasteiger partial charge in [0, 0.05) is 41.4 Å². The molecule has 24 heavy (non-hydrogen) atoms. The van der Waals surface area contributed by atoms with Crippen molar-refractivity contribution in [3.8, 4) is 0 Å². The second-order valence-electron chi connectivity index (χ2n) is 6.45. The van der Waals surface area contributed by atoms with Crippen LogP contribution in [-0.4, -0.2) is 33.0 Å². The molecule has 0 saturated carbocycles. The lowest BCUT2D eigenvalue weighted by atomic mass is 10.1. The van der Waals surface area contributed by atoms with Crippen molar-refractivity contribution in [1.82, 2.24) is 14.9 Å². The van der Waals surface area contributed by atoms with Gasteiger partial charge in [-0.15, -0.1) is 0 Å². The number of pyridine rings is 2. The van der Waals surface area contributed by atoms with E-state index in [2.05, 4.69) is 15.3 Å². The van der Waals surface area contributed by atoms with Gasteiger partial charge in [-0.1, -0.05) is 0 Å². The van der Waals surface area contributed by atoms with E-state index < -0.39 is 0 Å². The van der Waals surface area contributed by atoms with Crippen LogP contribution in [0.5, 0.6) is 0 Å². The summed E-state index contributed by atoms with van der Waals surface area (Å²) in [6, 6.07) is 7.92. The Hall–Kier alpha value is -2.69. The maximum absolute atomic E-state index is 12.8. The van der Waals surface area contributed by atoms with Crippen molar-refractivity contribution in [2.24, 2.45) is 0 Å². The molecular formula is C19H22N4O. The van der Waals surface area contributed by atoms with E-state index in [9.17, 15) is 4.79 Å². The number of urea groups is 1. The van der Waals surface area contributed by atoms with Crippen molar-refractivity contribution in [2.45, 2.75) is 39.8 Å². The van der Waals surface area contributed by atoms with Gasteiger partial charge in [0.15, 0.2) is 0 Å². The summed E-state index contributed by atoms with van der Waals surface area (Å²) in [5.74, 6) is 0. The van der Waals surface area contributed by atoms with Crippen molar-refractivity contribution < 1.29 is 4.79 Å². The Morgan fingerprint density at radius 3 is 2.54 bits per heavy atom. The average Bonchev–Trinajstić information content (AvgIpc) is 2.54. The average molecular weight is 322 g/mol. The Morgan fingerprint density at radius 1 is 1.08 bits per heavy atom. The zero-order valence-electron chi connectivity index (χ0n) is 14.4. The number of carbonyl (C=O) groups is 1. The molecule has 1 N–H and O–H groups in total. The zero-order chi connectivity index (χ0) is 17.3. The molecule has 0 unspecified atom stereocenters. The van der Waals surface area contributed by atoms with E-state index in [1.54, 1.807) is 12.4 Å². The van der Waals surface area contributed by atoms with E-state index in [1.165, 1.54) is 0 Å². The van der Waals surface area contributed by atoms with E-state index in [0.29, 0.717) is 0 Å². The normalized spacial score (nSPS) is 11.4. The summed E-state index contributed by atoms with van der Waals surface area (Å²) in [4.78, 5) is 23.3. The largest absolute Gasteiger partial charge is 0.322 e. The van der Waals surface area contributed by atoms with Crippen molar-refractivity contribution >= 4 is 33.4 Å². The number of rotatable bonds is 3. The van der Waals surface area contributed by atoms with Crippen LogP contribution in [0.3, 0.4) is 0 Å². The van der Waals surface area contributed by atoms with Crippen molar-refractivity contribution in [3.63, 3.8) is 0 Å².